The van der Waals surface area contributed by atoms with E-state index in [1.54, 1.807) is 6.07 Å². The number of carbonyl (C=O) groups is 2. The van der Waals surface area contributed by atoms with Crippen LogP contribution in [0.3, 0.4) is 0 Å². The van der Waals surface area contributed by atoms with Gasteiger partial charge in [-0.3, -0.25) is 4.79 Å². The first kappa shape index (κ1) is 12.9. The molecule has 1 heterocycles. The highest BCUT2D eigenvalue weighted by Crippen LogP contribution is 2.20. The van der Waals surface area contributed by atoms with Crippen LogP contribution in [-0.4, -0.2) is 35.1 Å². The molecule has 0 aromatic heterocycles. The van der Waals surface area contributed by atoms with Crippen molar-refractivity contribution < 1.29 is 14.7 Å². The number of hydrogen-bond acceptors (Lipinski definition) is 2. The van der Waals surface area contributed by atoms with Crippen LogP contribution in [0.25, 0.3) is 0 Å². The SMILES string of the molecule is O=C(Nc1cccc(Br)c1)C1CCN(C(=O)O)C1. The molecule has 5 nitrogen and oxygen atoms in total. The lowest BCUT2D eigenvalue weighted by Crippen LogP contribution is -2.30. The Morgan fingerprint density at radius 3 is 2.83 bits per heavy atom. The molecule has 1 aromatic rings. The van der Waals surface area contributed by atoms with Crippen molar-refractivity contribution in [2.24, 2.45) is 5.92 Å². The van der Waals surface area contributed by atoms with E-state index in [1.807, 2.05) is 18.2 Å². The lowest BCUT2D eigenvalue weighted by atomic mass is 10.1. The summed E-state index contributed by atoms with van der Waals surface area (Å²) < 4.78 is 0.888. The lowest BCUT2D eigenvalue weighted by Gasteiger charge is -2.12. The van der Waals surface area contributed by atoms with Crippen LogP contribution in [0.2, 0.25) is 0 Å². The van der Waals surface area contributed by atoms with Crippen molar-refractivity contribution in [2.75, 3.05) is 18.4 Å². The molecule has 1 aliphatic heterocycles. The summed E-state index contributed by atoms with van der Waals surface area (Å²) in [6.07, 6.45) is -0.390. The van der Waals surface area contributed by atoms with Crippen molar-refractivity contribution in [3.8, 4) is 0 Å². The number of nitrogens with one attached hydrogen (secondary N) is 1. The molecule has 1 fully saturated rings. The number of anilines is 1. The molecule has 2 amide bonds. The number of halogens is 1. The second kappa shape index (κ2) is 5.39. The van der Waals surface area contributed by atoms with Crippen LogP contribution < -0.4 is 5.32 Å². The minimum absolute atomic E-state index is 0.128. The zero-order chi connectivity index (χ0) is 13.1. The molecule has 0 aliphatic carbocycles. The monoisotopic (exact) mass is 312 g/mol. The van der Waals surface area contributed by atoms with Gasteiger partial charge in [0.25, 0.3) is 0 Å². The average molecular weight is 313 g/mol. The highest BCUT2D eigenvalue weighted by atomic mass is 79.9. The third-order valence-electron chi connectivity index (χ3n) is 2.92. The molecule has 2 rings (SSSR count). The zero-order valence-electron chi connectivity index (χ0n) is 9.60. The molecule has 2 N–H and O–H groups in total. The first-order valence-electron chi connectivity index (χ1n) is 5.60. The van der Waals surface area contributed by atoms with Crippen molar-refractivity contribution in [3.05, 3.63) is 28.7 Å². The normalized spacial score (nSPS) is 18.7. The van der Waals surface area contributed by atoms with Gasteiger partial charge in [-0.25, -0.2) is 4.79 Å². The fourth-order valence-corrected chi connectivity index (χ4v) is 2.36. The summed E-state index contributed by atoms with van der Waals surface area (Å²) in [7, 11) is 0. The summed E-state index contributed by atoms with van der Waals surface area (Å²) in [4.78, 5) is 24.0. The minimum Gasteiger partial charge on any atom is -0.465 e. The number of hydrogen-bond donors (Lipinski definition) is 2. The molecular weight excluding hydrogens is 300 g/mol. The van der Waals surface area contributed by atoms with Gasteiger partial charge in [-0.2, -0.15) is 0 Å². The highest BCUT2D eigenvalue weighted by molar-refractivity contribution is 9.10. The minimum atomic E-state index is -0.965. The molecular formula is C12H13BrN2O3. The first-order valence-corrected chi connectivity index (χ1v) is 6.40. The summed E-state index contributed by atoms with van der Waals surface area (Å²) >= 11 is 3.33. The molecule has 0 bridgehead atoms. The Morgan fingerprint density at radius 1 is 1.44 bits per heavy atom. The van der Waals surface area contributed by atoms with Gasteiger partial charge in [0.05, 0.1) is 5.92 Å². The Balaban J connectivity index is 1.95. The molecule has 1 aliphatic rings. The molecule has 0 saturated carbocycles. The van der Waals surface area contributed by atoms with Crippen molar-refractivity contribution in [2.45, 2.75) is 6.42 Å². The van der Waals surface area contributed by atoms with Crippen molar-refractivity contribution in [1.82, 2.24) is 4.90 Å². The summed E-state index contributed by atoms with van der Waals surface area (Å²) in [5.74, 6) is -0.392. The molecule has 1 aromatic carbocycles. The number of amides is 2. The lowest BCUT2D eigenvalue weighted by molar-refractivity contribution is -0.119. The third kappa shape index (κ3) is 3.01. The predicted octanol–water partition coefficient (Wildman–Crippen LogP) is 2.39. The van der Waals surface area contributed by atoms with Gasteiger partial charge in [0.2, 0.25) is 5.91 Å². The van der Waals surface area contributed by atoms with Gasteiger partial charge >= 0.3 is 6.09 Å². The van der Waals surface area contributed by atoms with Gasteiger partial charge in [0.1, 0.15) is 0 Å². The number of carbonyl (C=O) groups excluding carboxylic acids is 1. The van der Waals surface area contributed by atoms with Crippen LogP contribution in [0.15, 0.2) is 28.7 Å². The standard InChI is InChI=1S/C12H13BrN2O3/c13-9-2-1-3-10(6-9)14-11(16)8-4-5-15(7-8)12(17)18/h1-3,6,8H,4-5,7H2,(H,14,16)(H,17,18). The van der Waals surface area contributed by atoms with E-state index in [0.717, 1.165) is 4.47 Å². The van der Waals surface area contributed by atoms with E-state index in [1.165, 1.54) is 4.90 Å². The van der Waals surface area contributed by atoms with Crippen LogP contribution >= 0.6 is 15.9 Å². The summed E-state index contributed by atoms with van der Waals surface area (Å²) in [6.45, 7) is 0.696. The van der Waals surface area contributed by atoms with Gasteiger partial charge in [-0.05, 0) is 24.6 Å². The van der Waals surface area contributed by atoms with Crippen LogP contribution in [0.1, 0.15) is 6.42 Å². The second-order valence-electron chi connectivity index (χ2n) is 4.21. The molecule has 1 atom stereocenters. The van der Waals surface area contributed by atoms with Gasteiger partial charge in [0, 0.05) is 23.2 Å². The summed E-state index contributed by atoms with van der Waals surface area (Å²) in [5, 5.41) is 11.6. The van der Waals surface area contributed by atoms with E-state index in [-0.39, 0.29) is 18.4 Å². The maximum Gasteiger partial charge on any atom is 0.407 e. The van der Waals surface area contributed by atoms with E-state index in [9.17, 15) is 9.59 Å². The number of carboxylic acid groups (broad SMARTS) is 1. The molecule has 18 heavy (non-hydrogen) atoms. The van der Waals surface area contributed by atoms with Crippen LogP contribution in [-0.2, 0) is 4.79 Å². The van der Waals surface area contributed by atoms with Crippen LogP contribution in [0.5, 0.6) is 0 Å². The Bertz CT molecular complexity index is 478. The van der Waals surface area contributed by atoms with Gasteiger partial charge in [0.15, 0.2) is 0 Å². The van der Waals surface area contributed by atoms with Gasteiger partial charge in [-0.15, -0.1) is 0 Å². The maximum atomic E-state index is 11.9. The fraction of sp³-hybridized carbons (Fsp3) is 0.333. The Labute approximate surface area is 113 Å². The number of rotatable bonds is 2. The molecule has 0 radical (unpaired) electrons. The van der Waals surface area contributed by atoms with E-state index in [4.69, 9.17) is 5.11 Å². The smallest absolute Gasteiger partial charge is 0.407 e. The maximum absolute atomic E-state index is 11.9. The Morgan fingerprint density at radius 2 is 2.22 bits per heavy atom. The van der Waals surface area contributed by atoms with E-state index in [0.29, 0.717) is 18.7 Å². The Kier molecular flexibility index (Phi) is 3.86. The molecule has 0 spiro atoms. The third-order valence-corrected chi connectivity index (χ3v) is 3.41. The van der Waals surface area contributed by atoms with Gasteiger partial charge < -0.3 is 15.3 Å². The molecule has 1 unspecified atom stereocenters. The number of nitrogens with zero attached hydrogens (tertiary/aromatic N) is 1. The highest BCUT2D eigenvalue weighted by Gasteiger charge is 2.30. The topological polar surface area (TPSA) is 69.6 Å². The van der Waals surface area contributed by atoms with Gasteiger partial charge in [-0.1, -0.05) is 22.0 Å². The second-order valence-corrected chi connectivity index (χ2v) is 5.13. The van der Waals surface area contributed by atoms with Crippen LogP contribution in [0.4, 0.5) is 10.5 Å². The quantitative estimate of drug-likeness (QED) is 0.881. The van der Waals surface area contributed by atoms with Crippen LogP contribution in [0, 0.1) is 5.92 Å². The van der Waals surface area contributed by atoms with Crippen molar-refractivity contribution in [1.29, 1.82) is 0 Å². The average Bonchev–Trinajstić information content (AvgIpc) is 2.78. The van der Waals surface area contributed by atoms with Crippen molar-refractivity contribution in [3.63, 3.8) is 0 Å². The van der Waals surface area contributed by atoms with E-state index in [2.05, 4.69) is 21.2 Å². The predicted molar refractivity (Wildman–Crippen MR) is 70.5 cm³/mol. The number of likely N-dealkylation sites (tertiary alicyclic amines) is 1. The number of benzene rings is 1. The fourth-order valence-electron chi connectivity index (χ4n) is 1.96. The molecule has 96 valence electrons. The Hall–Kier alpha value is -1.56. The largest absolute Gasteiger partial charge is 0.465 e. The van der Waals surface area contributed by atoms with E-state index >= 15 is 0 Å². The molecule has 6 heteroatoms. The molecule has 1 saturated heterocycles. The van der Waals surface area contributed by atoms with E-state index < -0.39 is 6.09 Å². The van der Waals surface area contributed by atoms with Crippen molar-refractivity contribution >= 4 is 33.6 Å². The zero-order valence-corrected chi connectivity index (χ0v) is 11.2. The summed E-state index contributed by atoms with van der Waals surface area (Å²) in [5.41, 5.74) is 0.711. The summed E-state index contributed by atoms with van der Waals surface area (Å²) in [6, 6.07) is 7.31. The first-order chi connectivity index (χ1) is 8.56.